The summed E-state index contributed by atoms with van der Waals surface area (Å²) in [4.78, 5) is 26.2. The van der Waals surface area contributed by atoms with Crippen LogP contribution in [0, 0.1) is 0 Å². The zero-order valence-electron chi connectivity index (χ0n) is 42.2. The van der Waals surface area contributed by atoms with Gasteiger partial charge in [0, 0.05) is 6.42 Å². The van der Waals surface area contributed by atoms with Crippen LogP contribution in [0.4, 0.5) is 0 Å². The molecule has 0 aromatic carbocycles. The molecular weight excluding hydrogens is 779 g/mol. The molecule has 0 fully saturated rings. The summed E-state index contributed by atoms with van der Waals surface area (Å²) in [6, 6.07) is -0.711. The van der Waals surface area contributed by atoms with Gasteiger partial charge in [-0.1, -0.05) is 250 Å². The highest BCUT2D eigenvalue weighted by Gasteiger charge is 2.24. The van der Waals surface area contributed by atoms with Crippen molar-refractivity contribution in [2.24, 2.45) is 0 Å². The van der Waals surface area contributed by atoms with Crippen LogP contribution in [0.1, 0.15) is 290 Å². The molecule has 3 N–H and O–H groups in total. The zero-order valence-corrected chi connectivity index (χ0v) is 42.2. The summed E-state index contributed by atoms with van der Waals surface area (Å²) in [5.74, 6) is -0.498. The Kier molecular flexibility index (Phi) is 49.5. The zero-order chi connectivity index (χ0) is 45.9. The molecule has 0 rings (SSSR count). The second-order valence-electron chi connectivity index (χ2n) is 19.0. The first kappa shape index (κ1) is 61.1. The average Bonchev–Trinajstić information content (AvgIpc) is 3.28. The van der Waals surface area contributed by atoms with Gasteiger partial charge in [-0.05, 0) is 64.2 Å². The maximum absolute atomic E-state index is 13.2. The van der Waals surface area contributed by atoms with Crippen LogP contribution in [-0.2, 0) is 14.3 Å². The van der Waals surface area contributed by atoms with Gasteiger partial charge in [0.05, 0.1) is 25.2 Å². The number of nitrogens with one attached hydrogen (secondary N) is 1. The summed E-state index contributed by atoms with van der Waals surface area (Å²) in [5, 5.41) is 23.8. The standard InChI is InChI=1S/C57H107NO5/c1-4-7-10-13-16-19-22-25-28-30-33-36-39-42-45-48-53(63-57(62)50-47-44-41-38-35-32-27-24-21-18-15-12-9-6-3)51-56(61)58-54(52-59)55(60)49-46-43-40-37-34-31-29-26-23-20-17-14-11-8-5-2/h16,19,25,28,33,36,53-55,59-60H,4-15,17-18,20-24,26-27,29-32,34-35,37-52H2,1-3H3,(H,58,61)/b19-16-,28-25-,36-33-. The monoisotopic (exact) mass is 886 g/mol. The number of aliphatic hydroxyl groups excluding tert-OH is 2. The van der Waals surface area contributed by atoms with E-state index in [1.165, 1.54) is 173 Å². The Labute approximate surface area is 392 Å². The van der Waals surface area contributed by atoms with Crippen molar-refractivity contribution in [1.29, 1.82) is 0 Å². The number of ether oxygens (including phenoxy) is 1. The van der Waals surface area contributed by atoms with Crippen LogP contribution in [0.15, 0.2) is 36.5 Å². The van der Waals surface area contributed by atoms with E-state index in [1.807, 2.05) is 0 Å². The lowest BCUT2D eigenvalue weighted by Crippen LogP contribution is -2.46. The number of rotatable bonds is 50. The van der Waals surface area contributed by atoms with Gasteiger partial charge in [0.1, 0.15) is 6.10 Å². The fourth-order valence-electron chi connectivity index (χ4n) is 8.50. The number of hydrogen-bond donors (Lipinski definition) is 3. The van der Waals surface area contributed by atoms with Crippen molar-refractivity contribution in [3.05, 3.63) is 36.5 Å². The van der Waals surface area contributed by atoms with E-state index < -0.39 is 18.2 Å². The number of unbranched alkanes of at least 4 members (excludes halogenated alkanes) is 32. The average molecular weight is 886 g/mol. The van der Waals surface area contributed by atoms with Crippen molar-refractivity contribution in [3.8, 4) is 0 Å². The first-order chi connectivity index (χ1) is 31.0. The number of carbonyl (C=O) groups is 2. The summed E-state index contributed by atoms with van der Waals surface area (Å²) in [6.07, 6.45) is 60.6. The molecule has 0 aromatic rings. The molecule has 3 unspecified atom stereocenters. The van der Waals surface area contributed by atoms with Gasteiger partial charge in [0.25, 0.3) is 0 Å². The maximum Gasteiger partial charge on any atom is 0.306 e. The second kappa shape index (κ2) is 51.1. The normalized spacial score (nSPS) is 13.4. The van der Waals surface area contributed by atoms with Crippen molar-refractivity contribution < 1.29 is 24.5 Å². The molecule has 0 heterocycles. The minimum atomic E-state index is -0.795. The number of esters is 1. The number of amides is 1. The van der Waals surface area contributed by atoms with E-state index in [-0.39, 0.29) is 24.9 Å². The fraction of sp³-hybridized carbons (Fsp3) is 0.860. The molecule has 0 aliphatic carbocycles. The smallest absolute Gasteiger partial charge is 0.306 e. The predicted octanol–water partition coefficient (Wildman–Crippen LogP) is 16.8. The van der Waals surface area contributed by atoms with E-state index in [1.54, 1.807) is 0 Å². The van der Waals surface area contributed by atoms with Crippen LogP contribution in [0.25, 0.3) is 0 Å². The fourth-order valence-corrected chi connectivity index (χ4v) is 8.50. The van der Waals surface area contributed by atoms with Crippen LogP contribution < -0.4 is 5.32 Å². The lowest BCUT2D eigenvalue weighted by Gasteiger charge is -2.24. The lowest BCUT2D eigenvalue weighted by molar-refractivity contribution is -0.151. The van der Waals surface area contributed by atoms with Crippen molar-refractivity contribution in [3.63, 3.8) is 0 Å². The minimum Gasteiger partial charge on any atom is -0.462 e. The third-order valence-electron chi connectivity index (χ3n) is 12.7. The van der Waals surface area contributed by atoms with E-state index >= 15 is 0 Å². The Hall–Kier alpha value is -1.92. The van der Waals surface area contributed by atoms with Crippen LogP contribution in [0.2, 0.25) is 0 Å². The SMILES string of the molecule is CCCCC/C=C\C/C=C\C/C=C\CCCCC(CC(=O)NC(CO)C(O)CCCCCCCCCCCCCCCCC)OC(=O)CCCCCCCCCCCCCCCC. The van der Waals surface area contributed by atoms with Crippen LogP contribution in [0.3, 0.4) is 0 Å². The molecule has 3 atom stereocenters. The number of carbonyl (C=O) groups excluding carboxylic acids is 2. The largest absolute Gasteiger partial charge is 0.462 e. The molecule has 0 aromatic heterocycles. The molecule has 370 valence electrons. The van der Waals surface area contributed by atoms with Crippen molar-refractivity contribution in [2.75, 3.05) is 6.61 Å². The van der Waals surface area contributed by atoms with Gasteiger partial charge in [0.2, 0.25) is 5.91 Å². The highest BCUT2D eigenvalue weighted by Crippen LogP contribution is 2.18. The molecule has 6 nitrogen and oxygen atoms in total. The molecule has 0 aliphatic rings. The summed E-state index contributed by atoms with van der Waals surface area (Å²) < 4.78 is 5.93. The van der Waals surface area contributed by atoms with Crippen LogP contribution in [-0.4, -0.2) is 46.9 Å². The molecule has 0 bridgehead atoms. The van der Waals surface area contributed by atoms with Gasteiger partial charge < -0.3 is 20.3 Å². The summed E-state index contributed by atoms with van der Waals surface area (Å²) in [5.41, 5.74) is 0. The van der Waals surface area contributed by atoms with Crippen molar-refractivity contribution in [2.45, 2.75) is 309 Å². The molecule has 0 saturated heterocycles. The minimum absolute atomic E-state index is 0.0559. The number of hydrogen-bond acceptors (Lipinski definition) is 5. The third kappa shape index (κ3) is 46.4. The number of allylic oxidation sites excluding steroid dienone is 6. The highest BCUT2D eigenvalue weighted by molar-refractivity contribution is 5.77. The predicted molar refractivity (Wildman–Crippen MR) is 273 cm³/mol. The van der Waals surface area contributed by atoms with Crippen molar-refractivity contribution >= 4 is 11.9 Å². The first-order valence-electron chi connectivity index (χ1n) is 27.7. The van der Waals surface area contributed by atoms with Crippen LogP contribution >= 0.6 is 0 Å². The Bertz CT molecular complexity index is 1040. The second-order valence-corrected chi connectivity index (χ2v) is 19.0. The highest BCUT2D eigenvalue weighted by atomic mass is 16.5. The maximum atomic E-state index is 13.2. The third-order valence-corrected chi connectivity index (χ3v) is 12.7. The number of aliphatic hydroxyl groups is 2. The molecule has 0 spiro atoms. The topological polar surface area (TPSA) is 95.9 Å². The summed E-state index contributed by atoms with van der Waals surface area (Å²) in [7, 11) is 0. The van der Waals surface area contributed by atoms with Gasteiger partial charge in [-0.25, -0.2) is 0 Å². The van der Waals surface area contributed by atoms with E-state index in [9.17, 15) is 19.8 Å². The van der Waals surface area contributed by atoms with E-state index in [0.29, 0.717) is 19.3 Å². The van der Waals surface area contributed by atoms with Gasteiger partial charge >= 0.3 is 5.97 Å². The molecule has 1 amide bonds. The van der Waals surface area contributed by atoms with E-state index in [0.717, 1.165) is 70.6 Å². The first-order valence-corrected chi connectivity index (χ1v) is 27.7. The van der Waals surface area contributed by atoms with E-state index in [2.05, 4.69) is 62.5 Å². The van der Waals surface area contributed by atoms with Gasteiger partial charge in [0.15, 0.2) is 0 Å². The lowest BCUT2D eigenvalue weighted by atomic mass is 10.0. The molecule has 63 heavy (non-hydrogen) atoms. The Morgan fingerprint density at radius 2 is 0.810 bits per heavy atom. The Morgan fingerprint density at radius 1 is 0.460 bits per heavy atom. The van der Waals surface area contributed by atoms with Crippen LogP contribution in [0.5, 0.6) is 0 Å². The van der Waals surface area contributed by atoms with Crippen molar-refractivity contribution in [1.82, 2.24) is 5.32 Å². The summed E-state index contributed by atoms with van der Waals surface area (Å²) >= 11 is 0. The molecule has 6 heteroatoms. The van der Waals surface area contributed by atoms with E-state index in [4.69, 9.17) is 4.74 Å². The Morgan fingerprint density at radius 3 is 1.24 bits per heavy atom. The quantitative estimate of drug-likeness (QED) is 0.0321. The summed E-state index contributed by atoms with van der Waals surface area (Å²) in [6.45, 7) is 6.47. The molecule has 0 aliphatic heterocycles. The molecule has 0 radical (unpaired) electrons. The van der Waals surface area contributed by atoms with Gasteiger partial charge in [-0.3, -0.25) is 9.59 Å². The van der Waals surface area contributed by atoms with Gasteiger partial charge in [-0.15, -0.1) is 0 Å². The Balaban J connectivity index is 4.59. The molecule has 0 saturated carbocycles. The van der Waals surface area contributed by atoms with Gasteiger partial charge in [-0.2, -0.15) is 0 Å². The molecular formula is C57H107NO5.